The summed E-state index contributed by atoms with van der Waals surface area (Å²) in [5.41, 5.74) is 1.03. The Morgan fingerprint density at radius 3 is 2.75 bits per heavy atom. The van der Waals surface area contributed by atoms with Crippen molar-refractivity contribution in [3.05, 3.63) is 29.8 Å². The number of nitrogens with one attached hydrogen (secondary N) is 1. The highest BCUT2D eigenvalue weighted by atomic mass is 16.5. The zero-order valence-electron chi connectivity index (χ0n) is 12.0. The molecule has 108 valence electrons. The van der Waals surface area contributed by atoms with Gasteiger partial charge in [0, 0.05) is 13.1 Å². The molecule has 0 bridgehead atoms. The lowest BCUT2D eigenvalue weighted by Crippen LogP contribution is -2.39. The fraction of sp³-hybridized carbons (Fsp3) is 0.562. The van der Waals surface area contributed by atoms with Crippen LogP contribution in [0.5, 0.6) is 5.75 Å². The standard InChI is InChI=1S/C16H22N2O2/c1-20-14-5-3-2-4-13(14)15(19)18-11-8-16(12-18)6-9-17-10-7-16/h2-5,17H,6-12H2,1H3. The SMILES string of the molecule is COc1ccccc1C(=O)N1CCC2(CCNCC2)C1. The van der Waals surface area contributed by atoms with Crippen LogP contribution in [0.1, 0.15) is 29.6 Å². The van der Waals surface area contributed by atoms with Crippen LogP contribution in [0.3, 0.4) is 0 Å². The van der Waals surface area contributed by atoms with Crippen molar-refractivity contribution < 1.29 is 9.53 Å². The number of nitrogens with zero attached hydrogens (tertiary/aromatic N) is 1. The predicted octanol–water partition coefficient (Wildman–Crippen LogP) is 1.91. The number of piperidine rings is 1. The van der Waals surface area contributed by atoms with Gasteiger partial charge in [-0.15, -0.1) is 0 Å². The Morgan fingerprint density at radius 2 is 2.00 bits per heavy atom. The molecule has 2 aliphatic rings. The molecule has 0 aromatic heterocycles. The number of carbonyl (C=O) groups is 1. The van der Waals surface area contributed by atoms with Gasteiger partial charge in [-0.3, -0.25) is 4.79 Å². The Balaban J connectivity index is 1.75. The summed E-state index contributed by atoms with van der Waals surface area (Å²) in [5.74, 6) is 0.779. The molecule has 0 radical (unpaired) electrons. The van der Waals surface area contributed by atoms with E-state index in [2.05, 4.69) is 5.32 Å². The zero-order valence-corrected chi connectivity index (χ0v) is 12.0. The van der Waals surface area contributed by atoms with Crippen molar-refractivity contribution in [3.8, 4) is 5.75 Å². The topological polar surface area (TPSA) is 41.6 Å². The minimum atomic E-state index is 0.109. The number of ether oxygens (including phenoxy) is 1. The summed E-state index contributed by atoms with van der Waals surface area (Å²) in [7, 11) is 1.62. The number of para-hydroxylation sites is 1. The highest BCUT2D eigenvalue weighted by molar-refractivity contribution is 5.97. The lowest BCUT2D eigenvalue weighted by molar-refractivity contribution is 0.0758. The fourth-order valence-electron chi connectivity index (χ4n) is 3.47. The van der Waals surface area contributed by atoms with Crippen molar-refractivity contribution in [2.75, 3.05) is 33.3 Å². The van der Waals surface area contributed by atoms with Crippen molar-refractivity contribution >= 4 is 5.91 Å². The van der Waals surface area contributed by atoms with Crippen LogP contribution < -0.4 is 10.1 Å². The second-order valence-electron chi connectivity index (χ2n) is 5.93. The minimum Gasteiger partial charge on any atom is -0.496 e. The van der Waals surface area contributed by atoms with Gasteiger partial charge in [-0.1, -0.05) is 12.1 Å². The number of hydrogen-bond acceptors (Lipinski definition) is 3. The molecular formula is C16H22N2O2. The maximum absolute atomic E-state index is 12.7. The number of methoxy groups -OCH3 is 1. The second-order valence-corrected chi connectivity index (χ2v) is 5.93. The first-order chi connectivity index (χ1) is 9.74. The quantitative estimate of drug-likeness (QED) is 0.895. The van der Waals surface area contributed by atoms with Crippen molar-refractivity contribution in [2.24, 2.45) is 5.41 Å². The molecule has 1 aromatic rings. The van der Waals surface area contributed by atoms with Gasteiger partial charge in [0.2, 0.25) is 0 Å². The lowest BCUT2D eigenvalue weighted by Gasteiger charge is -2.33. The number of amides is 1. The summed E-state index contributed by atoms with van der Waals surface area (Å²) in [5, 5.41) is 3.41. The van der Waals surface area contributed by atoms with Gasteiger partial charge in [-0.25, -0.2) is 0 Å². The van der Waals surface area contributed by atoms with Gasteiger partial charge in [0.05, 0.1) is 12.7 Å². The summed E-state index contributed by atoms with van der Waals surface area (Å²) in [6.45, 7) is 3.93. The zero-order chi connectivity index (χ0) is 14.0. The molecule has 4 heteroatoms. The molecule has 1 spiro atoms. The van der Waals surface area contributed by atoms with Crippen LogP contribution in [0.4, 0.5) is 0 Å². The minimum absolute atomic E-state index is 0.109. The molecule has 4 nitrogen and oxygen atoms in total. The normalized spacial score (nSPS) is 21.1. The molecule has 0 atom stereocenters. The number of likely N-dealkylation sites (tertiary alicyclic amines) is 1. The Morgan fingerprint density at radius 1 is 1.25 bits per heavy atom. The molecule has 0 aliphatic carbocycles. The molecule has 1 aromatic carbocycles. The number of hydrogen-bond donors (Lipinski definition) is 1. The van der Waals surface area contributed by atoms with E-state index >= 15 is 0 Å². The van der Waals surface area contributed by atoms with E-state index in [9.17, 15) is 4.79 Å². The van der Waals surface area contributed by atoms with E-state index in [1.54, 1.807) is 7.11 Å². The third-order valence-corrected chi connectivity index (χ3v) is 4.73. The molecule has 0 unspecified atom stereocenters. The van der Waals surface area contributed by atoms with Crippen molar-refractivity contribution in [3.63, 3.8) is 0 Å². The van der Waals surface area contributed by atoms with E-state index in [1.807, 2.05) is 29.2 Å². The molecule has 1 N–H and O–H groups in total. The first-order valence-electron chi connectivity index (χ1n) is 7.37. The Hall–Kier alpha value is -1.55. The number of benzene rings is 1. The molecule has 20 heavy (non-hydrogen) atoms. The molecular weight excluding hydrogens is 252 g/mol. The van der Waals surface area contributed by atoms with Crippen LogP contribution in [0.25, 0.3) is 0 Å². The monoisotopic (exact) mass is 274 g/mol. The molecule has 0 saturated carbocycles. The molecule has 2 aliphatic heterocycles. The number of rotatable bonds is 2. The van der Waals surface area contributed by atoms with E-state index in [-0.39, 0.29) is 5.91 Å². The van der Waals surface area contributed by atoms with Gasteiger partial charge in [-0.2, -0.15) is 0 Å². The summed E-state index contributed by atoms with van der Waals surface area (Å²) in [4.78, 5) is 14.7. The van der Waals surface area contributed by atoms with Crippen LogP contribution in [0.2, 0.25) is 0 Å². The van der Waals surface area contributed by atoms with E-state index in [4.69, 9.17) is 4.74 Å². The van der Waals surface area contributed by atoms with Gasteiger partial charge in [0.25, 0.3) is 5.91 Å². The molecule has 1 amide bonds. The first kappa shape index (κ1) is 13.4. The maximum Gasteiger partial charge on any atom is 0.257 e. The first-order valence-corrected chi connectivity index (χ1v) is 7.37. The third kappa shape index (κ3) is 2.40. The highest BCUT2D eigenvalue weighted by Gasteiger charge is 2.40. The lowest BCUT2D eigenvalue weighted by atomic mass is 9.78. The second kappa shape index (κ2) is 5.44. The molecule has 3 rings (SSSR count). The van der Waals surface area contributed by atoms with Crippen LogP contribution in [-0.4, -0.2) is 44.1 Å². The Kier molecular flexibility index (Phi) is 3.66. The predicted molar refractivity (Wildman–Crippen MR) is 78.1 cm³/mol. The number of carbonyl (C=O) groups excluding carboxylic acids is 1. The van der Waals surface area contributed by atoms with E-state index in [0.29, 0.717) is 16.7 Å². The van der Waals surface area contributed by atoms with Crippen molar-refractivity contribution in [2.45, 2.75) is 19.3 Å². The van der Waals surface area contributed by atoms with Gasteiger partial charge in [0.1, 0.15) is 5.75 Å². The van der Waals surface area contributed by atoms with E-state index in [1.165, 1.54) is 12.8 Å². The van der Waals surface area contributed by atoms with Gasteiger partial charge in [0.15, 0.2) is 0 Å². The average molecular weight is 274 g/mol. The van der Waals surface area contributed by atoms with Gasteiger partial charge in [-0.05, 0) is 49.9 Å². The van der Waals surface area contributed by atoms with Gasteiger partial charge >= 0.3 is 0 Å². The van der Waals surface area contributed by atoms with Gasteiger partial charge < -0.3 is 15.0 Å². The highest BCUT2D eigenvalue weighted by Crippen LogP contribution is 2.39. The summed E-state index contributed by atoms with van der Waals surface area (Å²) >= 11 is 0. The van der Waals surface area contributed by atoms with E-state index in [0.717, 1.165) is 32.6 Å². The summed E-state index contributed by atoms with van der Waals surface area (Å²) < 4.78 is 5.31. The molecule has 2 saturated heterocycles. The largest absolute Gasteiger partial charge is 0.496 e. The van der Waals surface area contributed by atoms with Crippen molar-refractivity contribution in [1.82, 2.24) is 10.2 Å². The molecule has 2 fully saturated rings. The fourth-order valence-corrected chi connectivity index (χ4v) is 3.47. The van der Waals surface area contributed by atoms with Crippen LogP contribution in [-0.2, 0) is 0 Å². The van der Waals surface area contributed by atoms with E-state index < -0.39 is 0 Å². The third-order valence-electron chi connectivity index (χ3n) is 4.73. The van der Waals surface area contributed by atoms with Crippen LogP contribution in [0.15, 0.2) is 24.3 Å². The molecule has 2 heterocycles. The Labute approximate surface area is 120 Å². The van der Waals surface area contributed by atoms with Crippen molar-refractivity contribution in [1.29, 1.82) is 0 Å². The summed E-state index contributed by atoms with van der Waals surface area (Å²) in [6, 6.07) is 7.50. The average Bonchev–Trinajstić information content (AvgIpc) is 2.91. The van der Waals surface area contributed by atoms with Crippen LogP contribution >= 0.6 is 0 Å². The Bertz CT molecular complexity index is 495. The smallest absolute Gasteiger partial charge is 0.257 e. The maximum atomic E-state index is 12.7. The van der Waals surface area contributed by atoms with Crippen LogP contribution in [0, 0.1) is 5.41 Å². The summed E-state index contributed by atoms with van der Waals surface area (Å²) in [6.07, 6.45) is 3.50.